The number of halogens is 1. The van der Waals surface area contributed by atoms with Crippen molar-refractivity contribution in [2.45, 2.75) is 25.8 Å². The molecule has 2 atom stereocenters. The second-order valence-corrected chi connectivity index (χ2v) is 5.13. The summed E-state index contributed by atoms with van der Waals surface area (Å²) in [5.41, 5.74) is 0. The maximum atomic E-state index is 11.6. The second-order valence-electron chi connectivity index (χ2n) is 3.33. The summed E-state index contributed by atoms with van der Waals surface area (Å²) >= 11 is 5.27. The zero-order valence-corrected chi connectivity index (χ0v) is 10.3. The molecule has 1 aliphatic heterocycles. The molecule has 0 bridgehead atoms. The van der Waals surface area contributed by atoms with E-state index in [0.29, 0.717) is 6.04 Å². The van der Waals surface area contributed by atoms with Crippen molar-refractivity contribution >= 4 is 33.6 Å². The van der Waals surface area contributed by atoms with Gasteiger partial charge in [-0.05, 0) is 18.6 Å². The molecule has 1 heterocycles. The molecule has 0 saturated carbocycles. The average Bonchev–Trinajstić information content (AvgIpc) is 2.66. The van der Waals surface area contributed by atoms with Gasteiger partial charge in [-0.15, -0.1) is 0 Å². The average molecular weight is 266 g/mol. The highest BCUT2D eigenvalue weighted by Gasteiger charge is 2.24. The lowest BCUT2D eigenvalue weighted by Gasteiger charge is -2.16. The zero-order valence-electron chi connectivity index (χ0n) is 7.88. The molecule has 0 aromatic carbocycles. The maximum absolute atomic E-state index is 11.6. The van der Waals surface area contributed by atoms with E-state index in [9.17, 15) is 4.79 Å². The van der Waals surface area contributed by atoms with Crippen LogP contribution in [-0.2, 0) is 4.79 Å². The minimum Gasteiger partial charge on any atom is -0.352 e. The predicted octanol–water partition coefficient (Wildman–Crippen LogP) is 2.03. The van der Waals surface area contributed by atoms with Gasteiger partial charge >= 0.3 is 0 Å². The molecule has 76 valence electrons. The van der Waals surface area contributed by atoms with Gasteiger partial charge in [0.25, 0.3) is 0 Å². The number of carbonyl (C=O) groups excluding carboxylic acids is 1. The number of hydrogen-bond acceptors (Lipinski definition) is 2. The molecular weight excluding hydrogens is 250 g/mol. The minimum absolute atomic E-state index is 0.247. The van der Waals surface area contributed by atoms with E-state index in [-0.39, 0.29) is 11.8 Å². The van der Waals surface area contributed by atoms with Gasteiger partial charge in [0.05, 0.1) is 0 Å². The van der Waals surface area contributed by atoms with Crippen molar-refractivity contribution in [3.8, 4) is 0 Å². The third kappa shape index (κ3) is 3.50. The molecule has 1 saturated heterocycles. The van der Waals surface area contributed by atoms with Crippen molar-refractivity contribution in [1.82, 2.24) is 5.32 Å². The van der Waals surface area contributed by atoms with Crippen LogP contribution in [0, 0.1) is 5.92 Å². The molecule has 1 aliphatic rings. The van der Waals surface area contributed by atoms with Crippen molar-refractivity contribution in [3.63, 3.8) is 0 Å². The van der Waals surface area contributed by atoms with E-state index in [1.54, 1.807) is 0 Å². The third-order valence-electron chi connectivity index (χ3n) is 2.33. The van der Waals surface area contributed by atoms with E-state index in [1.807, 2.05) is 11.8 Å². The molecule has 0 aromatic heterocycles. The van der Waals surface area contributed by atoms with E-state index in [0.717, 1.165) is 29.7 Å². The SMILES string of the molecule is CCC(CBr)NC(=O)C1CCSC1. The highest BCUT2D eigenvalue weighted by Crippen LogP contribution is 2.23. The molecule has 1 fully saturated rings. The van der Waals surface area contributed by atoms with Gasteiger partial charge in [0.2, 0.25) is 5.91 Å². The first kappa shape index (κ1) is 11.4. The van der Waals surface area contributed by atoms with Gasteiger partial charge in [0, 0.05) is 23.0 Å². The summed E-state index contributed by atoms with van der Waals surface area (Å²) in [6, 6.07) is 0.304. The highest BCUT2D eigenvalue weighted by molar-refractivity contribution is 9.09. The summed E-state index contributed by atoms with van der Waals surface area (Å²) in [6.45, 7) is 2.09. The van der Waals surface area contributed by atoms with E-state index in [1.165, 1.54) is 0 Å². The number of amides is 1. The molecule has 2 nitrogen and oxygen atoms in total. The molecule has 0 aliphatic carbocycles. The molecule has 0 radical (unpaired) electrons. The monoisotopic (exact) mass is 265 g/mol. The van der Waals surface area contributed by atoms with E-state index in [2.05, 4.69) is 28.2 Å². The lowest BCUT2D eigenvalue weighted by atomic mass is 10.1. The van der Waals surface area contributed by atoms with Gasteiger partial charge < -0.3 is 5.32 Å². The fraction of sp³-hybridized carbons (Fsp3) is 0.889. The van der Waals surface area contributed by atoms with Crippen molar-refractivity contribution in [1.29, 1.82) is 0 Å². The Morgan fingerprint density at radius 3 is 3.00 bits per heavy atom. The van der Waals surface area contributed by atoms with Crippen LogP contribution in [0.3, 0.4) is 0 Å². The lowest BCUT2D eigenvalue weighted by molar-refractivity contribution is -0.124. The highest BCUT2D eigenvalue weighted by atomic mass is 79.9. The molecular formula is C9H16BrNOS. The van der Waals surface area contributed by atoms with Crippen molar-refractivity contribution in [3.05, 3.63) is 0 Å². The number of nitrogens with one attached hydrogen (secondary N) is 1. The van der Waals surface area contributed by atoms with E-state index >= 15 is 0 Å². The molecule has 2 unspecified atom stereocenters. The zero-order chi connectivity index (χ0) is 9.68. The van der Waals surface area contributed by atoms with Gasteiger partial charge in [0.15, 0.2) is 0 Å². The van der Waals surface area contributed by atoms with Crippen LogP contribution in [0.2, 0.25) is 0 Å². The Bertz CT molecular complexity index is 167. The number of alkyl halides is 1. The Kier molecular flexibility index (Phi) is 5.17. The Labute approximate surface area is 92.4 Å². The standard InChI is InChI=1S/C9H16BrNOS/c1-2-8(5-10)11-9(12)7-3-4-13-6-7/h7-8H,2-6H2,1H3,(H,11,12). The summed E-state index contributed by atoms with van der Waals surface area (Å²) in [5.74, 6) is 2.66. The topological polar surface area (TPSA) is 29.1 Å². The van der Waals surface area contributed by atoms with Crippen LogP contribution >= 0.6 is 27.7 Å². The first-order chi connectivity index (χ1) is 6.27. The molecule has 1 rings (SSSR count). The number of thioether (sulfide) groups is 1. The third-order valence-corrected chi connectivity index (χ3v) is 4.27. The molecule has 1 N–H and O–H groups in total. The van der Waals surface area contributed by atoms with Crippen molar-refractivity contribution in [2.24, 2.45) is 5.92 Å². The normalized spacial score (nSPS) is 24.3. The fourth-order valence-electron chi connectivity index (χ4n) is 1.31. The summed E-state index contributed by atoms with van der Waals surface area (Å²) < 4.78 is 0. The Morgan fingerprint density at radius 1 is 1.77 bits per heavy atom. The van der Waals surface area contributed by atoms with Crippen LogP contribution in [0.5, 0.6) is 0 Å². The largest absolute Gasteiger partial charge is 0.352 e. The van der Waals surface area contributed by atoms with Crippen LogP contribution in [-0.4, -0.2) is 28.8 Å². The van der Waals surface area contributed by atoms with Gasteiger partial charge in [-0.3, -0.25) is 4.79 Å². The fourth-order valence-corrected chi connectivity index (χ4v) is 3.15. The molecule has 1 amide bonds. The van der Waals surface area contributed by atoms with Crippen LogP contribution in [0.4, 0.5) is 0 Å². The summed E-state index contributed by atoms with van der Waals surface area (Å²) in [7, 11) is 0. The number of carbonyl (C=O) groups is 1. The Morgan fingerprint density at radius 2 is 2.54 bits per heavy atom. The van der Waals surface area contributed by atoms with Crippen LogP contribution in [0.15, 0.2) is 0 Å². The molecule has 4 heteroatoms. The first-order valence-corrected chi connectivity index (χ1v) is 6.99. The predicted molar refractivity (Wildman–Crippen MR) is 61.4 cm³/mol. The van der Waals surface area contributed by atoms with Crippen LogP contribution in [0.1, 0.15) is 19.8 Å². The number of rotatable bonds is 4. The van der Waals surface area contributed by atoms with Crippen molar-refractivity contribution in [2.75, 3.05) is 16.8 Å². The quantitative estimate of drug-likeness (QED) is 0.789. The van der Waals surface area contributed by atoms with E-state index in [4.69, 9.17) is 0 Å². The summed E-state index contributed by atoms with van der Waals surface area (Å²) in [5, 5.41) is 3.92. The van der Waals surface area contributed by atoms with Gasteiger partial charge in [-0.2, -0.15) is 11.8 Å². The van der Waals surface area contributed by atoms with E-state index < -0.39 is 0 Å². The van der Waals surface area contributed by atoms with Crippen LogP contribution in [0.25, 0.3) is 0 Å². The first-order valence-electron chi connectivity index (χ1n) is 4.72. The number of hydrogen-bond donors (Lipinski definition) is 1. The lowest BCUT2D eigenvalue weighted by Crippen LogP contribution is -2.39. The van der Waals surface area contributed by atoms with Crippen LogP contribution < -0.4 is 5.32 Å². The second kappa shape index (κ2) is 5.91. The smallest absolute Gasteiger partial charge is 0.224 e. The van der Waals surface area contributed by atoms with Crippen molar-refractivity contribution < 1.29 is 4.79 Å². The van der Waals surface area contributed by atoms with Gasteiger partial charge in [0.1, 0.15) is 0 Å². The Hall–Kier alpha value is 0.300. The molecule has 13 heavy (non-hydrogen) atoms. The molecule has 0 spiro atoms. The van der Waals surface area contributed by atoms with Gasteiger partial charge in [-0.1, -0.05) is 22.9 Å². The molecule has 0 aromatic rings. The van der Waals surface area contributed by atoms with Gasteiger partial charge in [-0.25, -0.2) is 0 Å². The Balaban J connectivity index is 2.30. The summed E-state index contributed by atoms with van der Waals surface area (Å²) in [4.78, 5) is 11.6. The summed E-state index contributed by atoms with van der Waals surface area (Å²) in [6.07, 6.45) is 2.05. The minimum atomic E-state index is 0.247. The maximum Gasteiger partial charge on any atom is 0.224 e.